The first-order chi connectivity index (χ1) is 7.56. The van der Waals surface area contributed by atoms with Crippen molar-refractivity contribution in [2.45, 2.75) is 19.4 Å². The fraction of sp³-hybridized carbons (Fsp3) is 0.364. The molecule has 0 radical (unpaired) electrons. The number of hydrogen-bond acceptors (Lipinski definition) is 4. The van der Waals surface area contributed by atoms with Crippen LogP contribution in [0.25, 0.3) is 0 Å². The molecule has 0 unspecified atom stereocenters. The Morgan fingerprint density at radius 3 is 2.75 bits per heavy atom. The van der Waals surface area contributed by atoms with Gasteiger partial charge in [-0.25, -0.2) is 4.79 Å². The number of carbonyl (C=O) groups is 1. The molecule has 0 heterocycles. The SMILES string of the molecule is CCCOc1cc([C@@H](O)C(=O)O)ccc1O. The lowest BCUT2D eigenvalue weighted by molar-refractivity contribution is -0.146. The molecule has 0 aromatic heterocycles. The molecule has 88 valence electrons. The Morgan fingerprint density at radius 2 is 2.19 bits per heavy atom. The van der Waals surface area contributed by atoms with Gasteiger partial charge in [0, 0.05) is 0 Å². The summed E-state index contributed by atoms with van der Waals surface area (Å²) in [5.41, 5.74) is 0.177. The number of phenolic OH excluding ortho intramolecular Hbond substituents is 1. The highest BCUT2D eigenvalue weighted by atomic mass is 16.5. The minimum absolute atomic E-state index is 0.0743. The van der Waals surface area contributed by atoms with Gasteiger partial charge in [0.25, 0.3) is 0 Å². The Bertz CT molecular complexity index is 375. The zero-order valence-electron chi connectivity index (χ0n) is 8.88. The Hall–Kier alpha value is -1.75. The van der Waals surface area contributed by atoms with Gasteiger partial charge < -0.3 is 20.1 Å². The Morgan fingerprint density at radius 1 is 1.50 bits per heavy atom. The third kappa shape index (κ3) is 2.87. The van der Waals surface area contributed by atoms with Gasteiger partial charge in [0.1, 0.15) is 0 Å². The van der Waals surface area contributed by atoms with Crippen LogP contribution in [0, 0.1) is 0 Å². The summed E-state index contributed by atoms with van der Waals surface area (Å²) < 4.78 is 5.20. The second-order valence-electron chi connectivity index (χ2n) is 3.32. The van der Waals surface area contributed by atoms with Gasteiger partial charge in [-0.2, -0.15) is 0 Å². The third-order valence-electron chi connectivity index (χ3n) is 2.00. The molecule has 3 N–H and O–H groups in total. The molecule has 0 amide bonds. The van der Waals surface area contributed by atoms with Gasteiger partial charge in [-0.15, -0.1) is 0 Å². The van der Waals surface area contributed by atoms with Crippen molar-refractivity contribution in [2.24, 2.45) is 0 Å². The highest BCUT2D eigenvalue weighted by molar-refractivity contribution is 5.74. The highest BCUT2D eigenvalue weighted by Crippen LogP contribution is 2.29. The topological polar surface area (TPSA) is 87.0 Å². The van der Waals surface area contributed by atoms with E-state index in [2.05, 4.69) is 0 Å². The van der Waals surface area contributed by atoms with Crippen molar-refractivity contribution in [1.82, 2.24) is 0 Å². The van der Waals surface area contributed by atoms with Crippen LogP contribution in [-0.4, -0.2) is 27.9 Å². The number of hydrogen-bond donors (Lipinski definition) is 3. The number of benzene rings is 1. The summed E-state index contributed by atoms with van der Waals surface area (Å²) in [5, 5.41) is 27.3. The van der Waals surface area contributed by atoms with Crippen molar-refractivity contribution >= 4 is 5.97 Å². The Labute approximate surface area is 92.9 Å². The van der Waals surface area contributed by atoms with Crippen LogP contribution in [0.2, 0.25) is 0 Å². The molecular weight excluding hydrogens is 212 g/mol. The van der Waals surface area contributed by atoms with E-state index in [-0.39, 0.29) is 17.1 Å². The molecule has 1 aromatic rings. The van der Waals surface area contributed by atoms with E-state index in [1.807, 2.05) is 6.92 Å². The van der Waals surface area contributed by atoms with E-state index in [0.29, 0.717) is 6.61 Å². The van der Waals surface area contributed by atoms with Gasteiger partial charge in [-0.05, 0) is 24.1 Å². The van der Waals surface area contributed by atoms with Gasteiger partial charge >= 0.3 is 5.97 Å². The first-order valence-corrected chi connectivity index (χ1v) is 4.92. The maximum absolute atomic E-state index is 10.6. The lowest BCUT2D eigenvalue weighted by atomic mass is 10.1. The molecule has 0 bridgehead atoms. The van der Waals surface area contributed by atoms with Crippen LogP contribution in [0.4, 0.5) is 0 Å². The Kier molecular flexibility index (Phi) is 4.13. The molecular formula is C11H14O5. The van der Waals surface area contributed by atoms with E-state index in [9.17, 15) is 15.0 Å². The van der Waals surface area contributed by atoms with E-state index in [1.165, 1.54) is 18.2 Å². The smallest absolute Gasteiger partial charge is 0.337 e. The van der Waals surface area contributed by atoms with E-state index >= 15 is 0 Å². The van der Waals surface area contributed by atoms with Gasteiger partial charge in [-0.3, -0.25) is 0 Å². The average Bonchev–Trinajstić information content (AvgIpc) is 2.27. The second kappa shape index (κ2) is 5.37. The normalized spacial score (nSPS) is 12.1. The van der Waals surface area contributed by atoms with Crippen molar-refractivity contribution < 1.29 is 24.9 Å². The maximum Gasteiger partial charge on any atom is 0.337 e. The Balaban J connectivity index is 2.92. The van der Waals surface area contributed by atoms with E-state index in [4.69, 9.17) is 9.84 Å². The molecule has 5 nitrogen and oxygen atoms in total. The lowest BCUT2D eigenvalue weighted by Crippen LogP contribution is -2.10. The molecule has 0 fully saturated rings. The number of carboxylic acids is 1. The number of aliphatic carboxylic acids is 1. The molecule has 1 rings (SSSR count). The van der Waals surface area contributed by atoms with Gasteiger partial charge in [-0.1, -0.05) is 13.0 Å². The van der Waals surface area contributed by atoms with Gasteiger partial charge in [0.2, 0.25) is 0 Å². The van der Waals surface area contributed by atoms with Crippen LogP contribution in [0.5, 0.6) is 11.5 Å². The fourth-order valence-electron chi connectivity index (χ4n) is 1.17. The van der Waals surface area contributed by atoms with Crippen molar-refractivity contribution in [1.29, 1.82) is 0 Å². The third-order valence-corrected chi connectivity index (χ3v) is 2.00. The zero-order chi connectivity index (χ0) is 12.1. The summed E-state index contributed by atoms with van der Waals surface area (Å²) in [6, 6.07) is 3.96. The molecule has 0 aliphatic heterocycles. The molecule has 0 saturated heterocycles. The second-order valence-corrected chi connectivity index (χ2v) is 3.32. The molecule has 0 aliphatic rings. The van der Waals surface area contributed by atoms with Crippen LogP contribution in [0.1, 0.15) is 25.0 Å². The maximum atomic E-state index is 10.6. The highest BCUT2D eigenvalue weighted by Gasteiger charge is 2.17. The first-order valence-electron chi connectivity index (χ1n) is 4.92. The van der Waals surface area contributed by atoms with Crippen LogP contribution in [-0.2, 0) is 4.79 Å². The fourth-order valence-corrected chi connectivity index (χ4v) is 1.17. The average molecular weight is 226 g/mol. The number of aromatic hydroxyl groups is 1. The number of carboxylic acid groups (broad SMARTS) is 1. The summed E-state index contributed by atoms with van der Waals surface area (Å²) in [4.78, 5) is 10.6. The van der Waals surface area contributed by atoms with Crippen LogP contribution < -0.4 is 4.74 Å². The molecule has 16 heavy (non-hydrogen) atoms. The van der Waals surface area contributed by atoms with Crippen molar-refractivity contribution in [3.05, 3.63) is 23.8 Å². The van der Waals surface area contributed by atoms with Gasteiger partial charge in [0.05, 0.1) is 6.61 Å². The number of ether oxygens (including phenoxy) is 1. The van der Waals surface area contributed by atoms with Crippen molar-refractivity contribution in [3.8, 4) is 11.5 Å². The molecule has 0 saturated carbocycles. The minimum atomic E-state index is -1.61. The largest absolute Gasteiger partial charge is 0.504 e. The zero-order valence-corrected chi connectivity index (χ0v) is 8.88. The van der Waals surface area contributed by atoms with E-state index in [0.717, 1.165) is 6.42 Å². The lowest BCUT2D eigenvalue weighted by Gasteiger charge is -2.10. The first kappa shape index (κ1) is 12.3. The molecule has 0 spiro atoms. The summed E-state index contributed by atoms with van der Waals surface area (Å²) >= 11 is 0. The minimum Gasteiger partial charge on any atom is -0.504 e. The predicted molar refractivity (Wildman–Crippen MR) is 56.5 cm³/mol. The van der Waals surface area contributed by atoms with Crippen LogP contribution in [0.3, 0.4) is 0 Å². The number of aliphatic hydroxyl groups excluding tert-OH is 1. The summed E-state index contributed by atoms with van der Waals surface area (Å²) in [5.74, 6) is -1.23. The van der Waals surface area contributed by atoms with Gasteiger partial charge in [0.15, 0.2) is 17.6 Å². The summed E-state index contributed by atoms with van der Waals surface area (Å²) in [7, 11) is 0. The molecule has 1 atom stereocenters. The molecule has 0 aliphatic carbocycles. The number of phenols is 1. The molecule has 1 aromatic carbocycles. The number of rotatable bonds is 5. The number of aliphatic hydroxyl groups is 1. The van der Waals surface area contributed by atoms with Crippen molar-refractivity contribution in [2.75, 3.05) is 6.61 Å². The van der Waals surface area contributed by atoms with Crippen LogP contribution in [0.15, 0.2) is 18.2 Å². The monoisotopic (exact) mass is 226 g/mol. The van der Waals surface area contributed by atoms with Crippen molar-refractivity contribution in [3.63, 3.8) is 0 Å². The van der Waals surface area contributed by atoms with E-state index in [1.54, 1.807) is 0 Å². The quantitative estimate of drug-likeness (QED) is 0.704. The predicted octanol–water partition coefficient (Wildman–Crippen LogP) is 1.30. The van der Waals surface area contributed by atoms with Crippen LogP contribution >= 0.6 is 0 Å². The van der Waals surface area contributed by atoms with E-state index < -0.39 is 12.1 Å². The summed E-state index contributed by atoms with van der Waals surface area (Å²) in [6.45, 7) is 2.33. The molecule has 5 heteroatoms. The standard InChI is InChI=1S/C11H14O5/c1-2-5-16-9-6-7(3-4-8(9)12)10(13)11(14)15/h3-4,6,10,12-13H,2,5H2,1H3,(H,14,15)/t10-/m1/s1. The summed E-state index contributed by atoms with van der Waals surface area (Å²) in [6.07, 6.45) is -0.838.